The molecule has 7 heteroatoms. The maximum Gasteiger partial charge on any atom is 0.185 e. The van der Waals surface area contributed by atoms with Gasteiger partial charge in [-0.3, -0.25) is 9.59 Å². The molecule has 0 atom stereocenters. The van der Waals surface area contributed by atoms with Crippen LogP contribution in [0.15, 0.2) is 59.9 Å². The standard InChI is InChI=1S/C26H28O7/c1-17(28)13-21(22(29)9-5-18-7-11-24(31-2)20(14-18)16-27)23(30)10-6-19-8-12-25(32-3)26(15-19)33-4/h5-12,14-15,27,30H,13,16H2,1-4H3/b9-5+,10-6+,23-21-. The molecule has 0 saturated carbocycles. The number of carbonyl (C=O) groups excluding carboxylic acids is 2. The molecule has 0 fully saturated rings. The third-order valence-electron chi connectivity index (χ3n) is 4.78. The fourth-order valence-corrected chi connectivity index (χ4v) is 3.08. The van der Waals surface area contributed by atoms with E-state index >= 15 is 0 Å². The summed E-state index contributed by atoms with van der Waals surface area (Å²) in [6.07, 6.45) is 5.58. The van der Waals surface area contributed by atoms with E-state index in [0.29, 0.717) is 33.9 Å². The fraction of sp³-hybridized carbons (Fsp3) is 0.231. The molecule has 0 unspecified atom stereocenters. The van der Waals surface area contributed by atoms with Crippen LogP contribution >= 0.6 is 0 Å². The van der Waals surface area contributed by atoms with Crippen molar-refractivity contribution in [3.8, 4) is 17.2 Å². The first-order chi connectivity index (χ1) is 15.8. The van der Waals surface area contributed by atoms with Gasteiger partial charge in [0.1, 0.15) is 17.3 Å². The number of hydrogen-bond donors (Lipinski definition) is 2. The SMILES string of the molecule is COc1ccc(/C=C/C(=O)/C(CC(C)=O)=C(O)/C=C/c2ccc(OC)c(OC)c2)cc1CO. The van der Waals surface area contributed by atoms with Gasteiger partial charge in [0.15, 0.2) is 17.3 Å². The second kappa shape index (κ2) is 12.3. The summed E-state index contributed by atoms with van der Waals surface area (Å²) in [5.41, 5.74) is 1.92. The molecule has 2 aromatic rings. The van der Waals surface area contributed by atoms with E-state index < -0.39 is 5.78 Å². The highest BCUT2D eigenvalue weighted by Crippen LogP contribution is 2.28. The van der Waals surface area contributed by atoms with Crippen molar-refractivity contribution in [2.24, 2.45) is 0 Å². The minimum atomic E-state index is -0.499. The lowest BCUT2D eigenvalue weighted by Crippen LogP contribution is -2.06. The Morgan fingerprint density at radius 1 is 0.848 bits per heavy atom. The van der Waals surface area contributed by atoms with Gasteiger partial charge in [-0.1, -0.05) is 24.3 Å². The molecule has 7 nitrogen and oxygen atoms in total. The molecule has 0 bridgehead atoms. The van der Waals surface area contributed by atoms with E-state index in [9.17, 15) is 19.8 Å². The minimum Gasteiger partial charge on any atom is -0.508 e. The molecule has 0 aromatic heterocycles. The summed E-state index contributed by atoms with van der Waals surface area (Å²) < 4.78 is 15.6. The van der Waals surface area contributed by atoms with Crippen LogP contribution in [-0.2, 0) is 16.2 Å². The van der Waals surface area contributed by atoms with Crippen molar-refractivity contribution in [1.29, 1.82) is 0 Å². The molecular weight excluding hydrogens is 424 g/mol. The van der Waals surface area contributed by atoms with E-state index in [1.807, 2.05) is 0 Å². The molecule has 0 amide bonds. The predicted molar refractivity (Wildman–Crippen MR) is 126 cm³/mol. The molecule has 0 aliphatic heterocycles. The van der Waals surface area contributed by atoms with Gasteiger partial charge in [0.2, 0.25) is 0 Å². The summed E-state index contributed by atoms with van der Waals surface area (Å²) in [4.78, 5) is 24.5. The number of carbonyl (C=O) groups is 2. The first kappa shape index (κ1) is 25.4. The summed E-state index contributed by atoms with van der Waals surface area (Å²) in [6.45, 7) is 1.13. The second-order valence-electron chi connectivity index (χ2n) is 7.12. The lowest BCUT2D eigenvalue weighted by atomic mass is 10.0. The van der Waals surface area contributed by atoms with Crippen LogP contribution in [-0.4, -0.2) is 43.1 Å². The molecule has 0 saturated heterocycles. The van der Waals surface area contributed by atoms with Crippen molar-refractivity contribution < 1.29 is 34.0 Å². The summed E-state index contributed by atoms with van der Waals surface area (Å²) in [5, 5.41) is 20.0. The Hall–Kier alpha value is -3.84. The Balaban J connectivity index is 2.31. The zero-order valence-electron chi connectivity index (χ0n) is 19.1. The van der Waals surface area contributed by atoms with Gasteiger partial charge in [0, 0.05) is 17.6 Å². The predicted octanol–water partition coefficient (Wildman–Crippen LogP) is 4.29. The molecule has 0 aliphatic rings. The van der Waals surface area contributed by atoms with E-state index in [2.05, 4.69) is 0 Å². The van der Waals surface area contributed by atoms with Crippen molar-refractivity contribution in [3.05, 3.63) is 76.6 Å². The van der Waals surface area contributed by atoms with Gasteiger partial charge in [-0.15, -0.1) is 0 Å². The first-order valence-electron chi connectivity index (χ1n) is 10.1. The molecule has 2 aromatic carbocycles. The van der Waals surface area contributed by atoms with Gasteiger partial charge < -0.3 is 24.4 Å². The molecular formula is C26H28O7. The van der Waals surface area contributed by atoms with Crippen LogP contribution in [0.2, 0.25) is 0 Å². The highest BCUT2D eigenvalue weighted by Gasteiger charge is 2.14. The number of allylic oxidation sites excluding steroid dienone is 3. The maximum atomic E-state index is 12.8. The average molecular weight is 453 g/mol. The number of ether oxygens (including phenoxy) is 3. The minimum absolute atomic E-state index is 0.0219. The zero-order valence-corrected chi connectivity index (χ0v) is 19.1. The summed E-state index contributed by atoms with van der Waals surface area (Å²) in [5.74, 6) is 0.560. The summed E-state index contributed by atoms with van der Waals surface area (Å²) >= 11 is 0. The number of Topliss-reactive ketones (excluding diaryl/α,β-unsaturated/α-hetero) is 1. The zero-order chi connectivity index (χ0) is 24.4. The van der Waals surface area contributed by atoms with E-state index in [1.54, 1.807) is 48.6 Å². The van der Waals surface area contributed by atoms with E-state index in [-0.39, 0.29) is 30.1 Å². The fourth-order valence-electron chi connectivity index (χ4n) is 3.08. The Morgan fingerprint density at radius 3 is 2.00 bits per heavy atom. The van der Waals surface area contributed by atoms with Gasteiger partial charge in [-0.25, -0.2) is 0 Å². The number of methoxy groups -OCH3 is 3. The second-order valence-corrected chi connectivity index (χ2v) is 7.12. The van der Waals surface area contributed by atoms with Crippen LogP contribution in [0.3, 0.4) is 0 Å². The van der Waals surface area contributed by atoms with E-state index in [1.165, 1.54) is 40.4 Å². The third-order valence-corrected chi connectivity index (χ3v) is 4.78. The number of hydrogen-bond acceptors (Lipinski definition) is 7. The molecule has 174 valence electrons. The molecule has 2 N–H and O–H groups in total. The van der Waals surface area contributed by atoms with Crippen molar-refractivity contribution in [1.82, 2.24) is 0 Å². The molecule has 0 spiro atoms. The number of ketones is 2. The van der Waals surface area contributed by atoms with Crippen LogP contribution in [0.4, 0.5) is 0 Å². The summed E-state index contributed by atoms with van der Waals surface area (Å²) in [6, 6.07) is 10.3. The van der Waals surface area contributed by atoms with Crippen LogP contribution < -0.4 is 14.2 Å². The normalized spacial score (nSPS) is 12.0. The Kier molecular flexibility index (Phi) is 9.45. The van der Waals surface area contributed by atoms with Gasteiger partial charge in [-0.05, 0) is 54.5 Å². The lowest BCUT2D eigenvalue weighted by molar-refractivity contribution is -0.118. The highest BCUT2D eigenvalue weighted by atomic mass is 16.5. The van der Waals surface area contributed by atoms with Crippen molar-refractivity contribution in [2.45, 2.75) is 20.0 Å². The van der Waals surface area contributed by atoms with Crippen molar-refractivity contribution in [3.63, 3.8) is 0 Å². The van der Waals surface area contributed by atoms with Crippen LogP contribution in [0, 0.1) is 0 Å². The van der Waals surface area contributed by atoms with Gasteiger partial charge >= 0.3 is 0 Å². The van der Waals surface area contributed by atoms with Gasteiger partial charge in [0.05, 0.1) is 27.9 Å². The Morgan fingerprint density at radius 2 is 1.42 bits per heavy atom. The summed E-state index contributed by atoms with van der Waals surface area (Å²) in [7, 11) is 4.56. The van der Waals surface area contributed by atoms with Crippen molar-refractivity contribution >= 4 is 23.7 Å². The largest absolute Gasteiger partial charge is 0.508 e. The Labute approximate surface area is 193 Å². The average Bonchev–Trinajstić information content (AvgIpc) is 2.83. The monoisotopic (exact) mass is 452 g/mol. The van der Waals surface area contributed by atoms with Crippen LogP contribution in [0.1, 0.15) is 30.0 Å². The Bertz CT molecular complexity index is 1090. The number of rotatable bonds is 11. The number of aliphatic hydroxyl groups is 2. The first-order valence-corrected chi connectivity index (χ1v) is 10.1. The highest BCUT2D eigenvalue weighted by molar-refractivity contribution is 6.09. The smallest absolute Gasteiger partial charge is 0.185 e. The van der Waals surface area contributed by atoms with Crippen LogP contribution in [0.5, 0.6) is 17.2 Å². The van der Waals surface area contributed by atoms with E-state index in [4.69, 9.17) is 14.2 Å². The number of aliphatic hydroxyl groups excluding tert-OH is 2. The van der Waals surface area contributed by atoms with Gasteiger partial charge in [-0.2, -0.15) is 0 Å². The molecule has 0 radical (unpaired) electrons. The maximum absolute atomic E-state index is 12.8. The molecule has 0 heterocycles. The lowest BCUT2D eigenvalue weighted by Gasteiger charge is -2.08. The van der Waals surface area contributed by atoms with Gasteiger partial charge in [0.25, 0.3) is 0 Å². The topological polar surface area (TPSA) is 102 Å². The molecule has 2 rings (SSSR count). The van der Waals surface area contributed by atoms with E-state index in [0.717, 1.165) is 0 Å². The number of benzene rings is 2. The molecule has 0 aliphatic carbocycles. The van der Waals surface area contributed by atoms with Crippen LogP contribution in [0.25, 0.3) is 12.2 Å². The molecule has 33 heavy (non-hydrogen) atoms. The van der Waals surface area contributed by atoms with Crippen molar-refractivity contribution in [2.75, 3.05) is 21.3 Å². The quantitative estimate of drug-likeness (QED) is 0.298. The third kappa shape index (κ3) is 7.08.